The van der Waals surface area contributed by atoms with E-state index in [2.05, 4.69) is 37.0 Å². The molecule has 2 fully saturated rings. The largest absolute Gasteiger partial charge is 0.356 e. The SMILES string of the molecule is O=C1CCC(N2Cc3c(C#CC4CCN(c5ncnc6cnccc56)CC4)cccc3C2=O)C(=O)N1. The average Bonchev–Trinajstić information content (AvgIpc) is 3.24. The van der Waals surface area contributed by atoms with Crippen molar-refractivity contribution in [2.75, 3.05) is 18.0 Å². The third-order valence-corrected chi connectivity index (χ3v) is 7.21. The number of nitrogens with one attached hydrogen (secondary N) is 1. The van der Waals surface area contributed by atoms with Gasteiger partial charge in [0.15, 0.2) is 0 Å². The van der Waals surface area contributed by atoms with Gasteiger partial charge in [0.05, 0.1) is 11.7 Å². The minimum absolute atomic E-state index is 0.177. The number of hydrogen-bond acceptors (Lipinski definition) is 7. The Kier molecular flexibility index (Phi) is 5.56. The van der Waals surface area contributed by atoms with Crippen LogP contribution in [0.4, 0.5) is 5.82 Å². The maximum Gasteiger partial charge on any atom is 0.255 e. The van der Waals surface area contributed by atoms with E-state index in [1.165, 1.54) is 0 Å². The lowest BCUT2D eigenvalue weighted by molar-refractivity contribution is -0.136. The zero-order valence-corrected chi connectivity index (χ0v) is 19.6. The molecule has 3 aromatic rings. The molecule has 36 heavy (non-hydrogen) atoms. The van der Waals surface area contributed by atoms with Gasteiger partial charge < -0.3 is 9.80 Å². The number of fused-ring (bicyclic) bond motifs is 2. The van der Waals surface area contributed by atoms with Gasteiger partial charge >= 0.3 is 0 Å². The molecule has 1 N–H and O–H groups in total. The molecular weight excluding hydrogens is 456 g/mol. The number of pyridine rings is 1. The summed E-state index contributed by atoms with van der Waals surface area (Å²) in [6.07, 6.45) is 7.52. The molecule has 5 heterocycles. The minimum Gasteiger partial charge on any atom is -0.356 e. The highest BCUT2D eigenvalue weighted by Gasteiger charge is 2.39. The number of nitrogens with zero attached hydrogens (tertiary/aromatic N) is 5. The Morgan fingerprint density at radius 3 is 2.72 bits per heavy atom. The predicted octanol–water partition coefficient (Wildman–Crippen LogP) is 2.05. The summed E-state index contributed by atoms with van der Waals surface area (Å²) in [6.45, 7) is 2.03. The van der Waals surface area contributed by atoms with Crippen LogP contribution in [-0.2, 0) is 16.1 Å². The van der Waals surface area contributed by atoms with Crippen molar-refractivity contribution in [1.29, 1.82) is 0 Å². The molecule has 1 unspecified atom stereocenters. The summed E-state index contributed by atoms with van der Waals surface area (Å²) in [5, 5.41) is 3.35. The third-order valence-electron chi connectivity index (χ3n) is 7.21. The molecule has 2 aromatic heterocycles. The van der Waals surface area contributed by atoms with Gasteiger partial charge in [-0.05, 0) is 43.0 Å². The van der Waals surface area contributed by atoms with Crippen LogP contribution in [0.15, 0.2) is 43.0 Å². The second-order valence-electron chi connectivity index (χ2n) is 9.35. The van der Waals surface area contributed by atoms with Crippen molar-refractivity contribution in [3.05, 3.63) is 59.7 Å². The van der Waals surface area contributed by atoms with E-state index in [4.69, 9.17) is 0 Å². The van der Waals surface area contributed by atoms with Gasteiger partial charge in [-0.2, -0.15) is 0 Å². The lowest BCUT2D eigenvalue weighted by atomic mass is 9.96. The van der Waals surface area contributed by atoms with E-state index in [9.17, 15) is 14.4 Å². The molecule has 9 heteroatoms. The molecule has 3 amide bonds. The quantitative estimate of drug-likeness (QED) is 0.442. The zero-order valence-electron chi connectivity index (χ0n) is 19.6. The van der Waals surface area contributed by atoms with Crippen molar-refractivity contribution in [3.8, 4) is 11.8 Å². The number of benzene rings is 1. The molecule has 3 aliphatic rings. The first-order valence-corrected chi connectivity index (χ1v) is 12.2. The van der Waals surface area contributed by atoms with Crippen LogP contribution >= 0.6 is 0 Å². The molecular formula is C27H24N6O3. The maximum absolute atomic E-state index is 13.0. The highest BCUT2D eigenvalue weighted by atomic mass is 16.2. The number of anilines is 1. The molecule has 1 atom stereocenters. The van der Waals surface area contributed by atoms with Crippen LogP contribution in [0.3, 0.4) is 0 Å². The van der Waals surface area contributed by atoms with E-state index in [1.807, 2.05) is 18.2 Å². The Morgan fingerprint density at radius 2 is 1.89 bits per heavy atom. The summed E-state index contributed by atoms with van der Waals surface area (Å²) in [5.41, 5.74) is 3.11. The summed E-state index contributed by atoms with van der Waals surface area (Å²) in [7, 11) is 0. The Bertz CT molecular complexity index is 1450. The standard InChI is InChI=1S/C27H24N6O3/c34-24-7-6-23(26(35)31-24)33-15-21-18(2-1-3-19(21)27(33)36)5-4-17-9-12-32(13-10-17)25-20-8-11-28-14-22(20)29-16-30-25/h1-3,8,11,14,16-17,23H,6-7,9-10,12-13,15H2,(H,31,34,35). The fourth-order valence-electron chi connectivity index (χ4n) is 5.26. The van der Waals surface area contributed by atoms with E-state index in [0.29, 0.717) is 18.5 Å². The third kappa shape index (κ3) is 3.94. The van der Waals surface area contributed by atoms with E-state index >= 15 is 0 Å². The number of rotatable bonds is 2. The summed E-state index contributed by atoms with van der Waals surface area (Å²) in [5.74, 6) is 7.06. The molecule has 0 bridgehead atoms. The molecule has 0 spiro atoms. The fraction of sp³-hybridized carbons (Fsp3) is 0.333. The highest BCUT2D eigenvalue weighted by Crippen LogP contribution is 2.30. The van der Waals surface area contributed by atoms with Crippen molar-refractivity contribution in [1.82, 2.24) is 25.2 Å². The minimum atomic E-state index is -0.624. The normalized spacial score (nSPS) is 20.2. The zero-order chi connectivity index (χ0) is 24.6. The molecule has 2 saturated heterocycles. The summed E-state index contributed by atoms with van der Waals surface area (Å²) in [4.78, 5) is 53.7. The lowest BCUT2D eigenvalue weighted by Crippen LogP contribution is -2.52. The van der Waals surface area contributed by atoms with Gasteiger partial charge in [0.2, 0.25) is 11.8 Å². The van der Waals surface area contributed by atoms with Gasteiger partial charge in [-0.1, -0.05) is 17.9 Å². The molecule has 9 nitrogen and oxygen atoms in total. The number of carbonyl (C=O) groups excluding carboxylic acids is 3. The van der Waals surface area contributed by atoms with Crippen molar-refractivity contribution in [3.63, 3.8) is 0 Å². The monoisotopic (exact) mass is 480 g/mol. The number of aromatic nitrogens is 3. The fourth-order valence-corrected chi connectivity index (χ4v) is 5.26. The van der Waals surface area contributed by atoms with Crippen molar-refractivity contribution in [2.24, 2.45) is 5.92 Å². The van der Waals surface area contributed by atoms with E-state index in [0.717, 1.165) is 53.8 Å². The van der Waals surface area contributed by atoms with Gasteiger partial charge in [0, 0.05) is 54.7 Å². The van der Waals surface area contributed by atoms with Crippen LogP contribution in [0.2, 0.25) is 0 Å². The van der Waals surface area contributed by atoms with Crippen molar-refractivity contribution >= 4 is 34.4 Å². The van der Waals surface area contributed by atoms with Crippen LogP contribution in [0.1, 0.15) is 47.2 Å². The Labute approximate surface area is 207 Å². The van der Waals surface area contributed by atoms with Crippen molar-refractivity contribution in [2.45, 2.75) is 38.3 Å². The van der Waals surface area contributed by atoms with Crippen LogP contribution in [-0.4, -0.2) is 56.7 Å². The number of imide groups is 1. The smallest absolute Gasteiger partial charge is 0.255 e. The molecule has 0 aliphatic carbocycles. The van der Waals surface area contributed by atoms with Gasteiger partial charge in [0.25, 0.3) is 5.91 Å². The Morgan fingerprint density at radius 1 is 1.03 bits per heavy atom. The molecule has 180 valence electrons. The summed E-state index contributed by atoms with van der Waals surface area (Å²) < 4.78 is 0. The van der Waals surface area contributed by atoms with Gasteiger partial charge in [-0.15, -0.1) is 0 Å². The topological polar surface area (TPSA) is 108 Å². The number of amides is 3. The lowest BCUT2D eigenvalue weighted by Gasteiger charge is -2.31. The number of carbonyl (C=O) groups is 3. The van der Waals surface area contributed by atoms with Gasteiger partial charge in [-0.25, -0.2) is 9.97 Å². The first kappa shape index (κ1) is 22.2. The summed E-state index contributed by atoms with van der Waals surface area (Å²) in [6, 6.07) is 6.89. The molecule has 1 aromatic carbocycles. The average molecular weight is 481 g/mol. The second-order valence-corrected chi connectivity index (χ2v) is 9.35. The van der Waals surface area contributed by atoms with Crippen LogP contribution in [0.25, 0.3) is 10.9 Å². The van der Waals surface area contributed by atoms with Crippen LogP contribution in [0, 0.1) is 17.8 Å². The van der Waals surface area contributed by atoms with Crippen molar-refractivity contribution < 1.29 is 14.4 Å². The Balaban J connectivity index is 1.16. The molecule has 0 radical (unpaired) electrons. The maximum atomic E-state index is 13.0. The van der Waals surface area contributed by atoms with Gasteiger partial charge in [0.1, 0.15) is 18.2 Å². The van der Waals surface area contributed by atoms with Crippen LogP contribution in [0.5, 0.6) is 0 Å². The highest BCUT2D eigenvalue weighted by molar-refractivity contribution is 6.05. The van der Waals surface area contributed by atoms with E-state index < -0.39 is 11.9 Å². The summed E-state index contributed by atoms with van der Waals surface area (Å²) >= 11 is 0. The van der Waals surface area contributed by atoms with E-state index in [-0.39, 0.29) is 24.2 Å². The Hall–Kier alpha value is -4.32. The van der Waals surface area contributed by atoms with Crippen LogP contribution < -0.4 is 10.2 Å². The predicted molar refractivity (Wildman–Crippen MR) is 132 cm³/mol. The number of piperidine rings is 2. The van der Waals surface area contributed by atoms with E-state index in [1.54, 1.807) is 29.7 Å². The molecule has 0 saturated carbocycles. The first-order valence-electron chi connectivity index (χ1n) is 12.2. The molecule has 3 aliphatic heterocycles. The molecule has 6 rings (SSSR count). The number of hydrogen-bond donors (Lipinski definition) is 1. The van der Waals surface area contributed by atoms with Gasteiger partial charge in [-0.3, -0.25) is 24.7 Å². The first-order chi connectivity index (χ1) is 17.6. The second kappa shape index (κ2) is 9.04.